The lowest BCUT2D eigenvalue weighted by Crippen LogP contribution is -2.08. The van der Waals surface area contributed by atoms with E-state index in [0.29, 0.717) is 0 Å². The molecule has 0 aliphatic rings. The monoisotopic (exact) mass is 216 g/mol. The molecular weight excluding hydrogens is 205 g/mol. The molecular formula is C11H11F3O. The van der Waals surface area contributed by atoms with Crippen LogP contribution >= 0.6 is 0 Å². The summed E-state index contributed by atoms with van der Waals surface area (Å²) >= 11 is 0. The van der Waals surface area contributed by atoms with Crippen molar-refractivity contribution in [1.29, 1.82) is 0 Å². The molecule has 0 radical (unpaired) electrons. The van der Waals surface area contributed by atoms with Gasteiger partial charge < -0.3 is 4.74 Å². The summed E-state index contributed by atoms with van der Waals surface area (Å²) in [6.07, 6.45) is -2.98. The average Bonchev–Trinajstić information content (AvgIpc) is 2.12. The highest BCUT2D eigenvalue weighted by Gasteiger charge is 2.34. The van der Waals surface area contributed by atoms with Crippen molar-refractivity contribution in [3.63, 3.8) is 0 Å². The number of ether oxygens (including phenoxy) is 1. The van der Waals surface area contributed by atoms with Crippen LogP contribution in [0.25, 0.3) is 0 Å². The Balaban J connectivity index is 3.08. The van der Waals surface area contributed by atoms with E-state index in [2.05, 4.69) is 6.58 Å². The Hall–Kier alpha value is -1.45. The maximum Gasteiger partial charge on any atom is 0.419 e. The molecule has 1 aromatic carbocycles. The van der Waals surface area contributed by atoms with Crippen molar-refractivity contribution in [3.05, 3.63) is 42.0 Å². The minimum absolute atomic E-state index is 0.0620. The zero-order chi connectivity index (χ0) is 11.5. The molecule has 0 saturated carbocycles. The lowest BCUT2D eigenvalue weighted by Gasteiger charge is -2.13. The molecule has 0 atom stereocenters. The number of benzene rings is 1. The van der Waals surface area contributed by atoms with Gasteiger partial charge >= 0.3 is 6.18 Å². The molecule has 0 bridgehead atoms. The molecule has 0 saturated heterocycles. The molecule has 15 heavy (non-hydrogen) atoms. The molecule has 0 fully saturated rings. The van der Waals surface area contributed by atoms with E-state index in [1.807, 2.05) is 0 Å². The molecule has 0 spiro atoms. The van der Waals surface area contributed by atoms with Gasteiger partial charge in [0.15, 0.2) is 0 Å². The van der Waals surface area contributed by atoms with E-state index in [-0.39, 0.29) is 12.4 Å². The molecule has 1 nitrogen and oxygen atoms in total. The fraction of sp³-hybridized carbons (Fsp3) is 0.273. The van der Waals surface area contributed by atoms with Crippen LogP contribution in [0.15, 0.2) is 30.9 Å². The van der Waals surface area contributed by atoms with Crippen molar-refractivity contribution in [3.8, 4) is 5.75 Å². The molecule has 1 aromatic rings. The second-order valence-corrected chi connectivity index (χ2v) is 3.10. The summed E-state index contributed by atoms with van der Waals surface area (Å²) in [6, 6.07) is 3.80. The molecule has 4 heteroatoms. The molecule has 0 N–H and O–H groups in total. The van der Waals surface area contributed by atoms with Gasteiger partial charge in [0.25, 0.3) is 0 Å². The highest BCUT2D eigenvalue weighted by molar-refractivity contribution is 5.39. The number of hydrogen-bond acceptors (Lipinski definition) is 1. The van der Waals surface area contributed by atoms with E-state index in [1.54, 1.807) is 6.92 Å². The van der Waals surface area contributed by atoms with E-state index in [4.69, 9.17) is 4.74 Å². The van der Waals surface area contributed by atoms with E-state index < -0.39 is 11.7 Å². The van der Waals surface area contributed by atoms with Crippen LogP contribution in [-0.2, 0) is 6.18 Å². The van der Waals surface area contributed by atoms with Crippen LogP contribution in [0.3, 0.4) is 0 Å². The van der Waals surface area contributed by atoms with E-state index in [0.717, 1.165) is 11.6 Å². The highest BCUT2D eigenvalue weighted by atomic mass is 19.4. The zero-order valence-corrected chi connectivity index (χ0v) is 8.27. The predicted molar refractivity (Wildman–Crippen MR) is 51.9 cm³/mol. The second kappa shape index (κ2) is 4.38. The molecule has 0 amide bonds. The van der Waals surface area contributed by atoms with E-state index in [1.165, 1.54) is 18.2 Å². The molecule has 82 valence electrons. The third-order valence-electron chi connectivity index (χ3n) is 1.80. The smallest absolute Gasteiger partial charge is 0.419 e. The Labute approximate surface area is 86.2 Å². The maximum absolute atomic E-state index is 12.5. The van der Waals surface area contributed by atoms with Gasteiger partial charge in [0, 0.05) is 0 Å². The number of aryl methyl sites for hydroxylation is 1. The van der Waals surface area contributed by atoms with E-state index >= 15 is 0 Å². The van der Waals surface area contributed by atoms with Crippen molar-refractivity contribution < 1.29 is 17.9 Å². The quantitative estimate of drug-likeness (QED) is 0.702. The molecule has 0 aliphatic carbocycles. The van der Waals surface area contributed by atoms with Gasteiger partial charge in [0.1, 0.15) is 12.4 Å². The highest BCUT2D eigenvalue weighted by Crippen LogP contribution is 2.36. The first-order valence-electron chi connectivity index (χ1n) is 4.36. The lowest BCUT2D eigenvalue weighted by molar-refractivity contribution is -0.138. The number of alkyl halides is 3. The van der Waals surface area contributed by atoms with Crippen LogP contribution < -0.4 is 4.74 Å². The van der Waals surface area contributed by atoms with Gasteiger partial charge in [-0.25, -0.2) is 0 Å². The largest absolute Gasteiger partial charge is 0.489 e. The van der Waals surface area contributed by atoms with Crippen molar-refractivity contribution in [2.75, 3.05) is 6.61 Å². The summed E-state index contributed by atoms with van der Waals surface area (Å²) in [5.41, 5.74) is -0.0305. The van der Waals surface area contributed by atoms with Gasteiger partial charge in [-0.15, -0.1) is 0 Å². The van der Waals surface area contributed by atoms with Crippen molar-refractivity contribution in [2.45, 2.75) is 13.1 Å². The van der Waals surface area contributed by atoms with Gasteiger partial charge in [-0.05, 0) is 24.6 Å². The Kier molecular flexibility index (Phi) is 3.39. The fourth-order valence-corrected chi connectivity index (χ4v) is 1.13. The first kappa shape index (κ1) is 11.6. The van der Waals surface area contributed by atoms with Gasteiger partial charge in [-0.3, -0.25) is 0 Å². The van der Waals surface area contributed by atoms with Crippen LogP contribution in [0.4, 0.5) is 13.2 Å². The number of halogens is 3. The normalized spacial score (nSPS) is 11.2. The summed E-state index contributed by atoms with van der Waals surface area (Å²) in [7, 11) is 0. The maximum atomic E-state index is 12.5. The third kappa shape index (κ3) is 3.01. The first-order valence-corrected chi connectivity index (χ1v) is 4.36. The van der Waals surface area contributed by atoms with Crippen LogP contribution in [-0.4, -0.2) is 6.61 Å². The fourth-order valence-electron chi connectivity index (χ4n) is 1.13. The van der Waals surface area contributed by atoms with Gasteiger partial charge in [0.2, 0.25) is 0 Å². The summed E-state index contributed by atoms with van der Waals surface area (Å²) in [4.78, 5) is 0. The lowest BCUT2D eigenvalue weighted by atomic mass is 10.1. The average molecular weight is 216 g/mol. The first-order chi connectivity index (χ1) is 6.95. The summed E-state index contributed by atoms with van der Waals surface area (Å²) in [6.45, 7) is 5.16. The van der Waals surface area contributed by atoms with Gasteiger partial charge in [-0.1, -0.05) is 18.7 Å². The topological polar surface area (TPSA) is 9.23 Å². The zero-order valence-electron chi connectivity index (χ0n) is 8.27. The number of rotatable bonds is 3. The molecule has 0 aliphatic heterocycles. The van der Waals surface area contributed by atoms with Crippen LogP contribution in [0.1, 0.15) is 11.1 Å². The second-order valence-electron chi connectivity index (χ2n) is 3.10. The predicted octanol–water partition coefficient (Wildman–Crippen LogP) is 3.58. The standard InChI is InChI=1S/C11H11F3O/c1-3-6-15-10-7-8(2)4-5-9(10)11(12,13)14/h3-5,7H,1,6H2,2H3. The molecule has 0 unspecified atom stereocenters. The Morgan fingerprint density at radius 3 is 2.60 bits per heavy atom. The summed E-state index contributed by atoms with van der Waals surface area (Å²) in [5, 5.41) is 0. The Morgan fingerprint density at radius 1 is 1.40 bits per heavy atom. The Morgan fingerprint density at radius 2 is 2.07 bits per heavy atom. The minimum atomic E-state index is -4.38. The summed E-state index contributed by atoms with van der Waals surface area (Å²) in [5.74, 6) is -0.151. The van der Waals surface area contributed by atoms with Crippen molar-refractivity contribution in [1.82, 2.24) is 0 Å². The summed E-state index contributed by atoms with van der Waals surface area (Å²) < 4.78 is 42.5. The van der Waals surface area contributed by atoms with Crippen LogP contribution in [0.2, 0.25) is 0 Å². The minimum Gasteiger partial charge on any atom is -0.489 e. The van der Waals surface area contributed by atoms with E-state index in [9.17, 15) is 13.2 Å². The third-order valence-corrected chi connectivity index (χ3v) is 1.80. The number of hydrogen-bond donors (Lipinski definition) is 0. The molecule has 0 heterocycles. The van der Waals surface area contributed by atoms with Crippen LogP contribution in [0, 0.1) is 6.92 Å². The van der Waals surface area contributed by atoms with Crippen molar-refractivity contribution >= 4 is 0 Å². The molecule has 0 aromatic heterocycles. The SMILES string of the molecule is C=CCOc1cc(C)ccc1C(F)(F)F. The molecule has 1 rings (SSSR count). The van der Waals surface area contributed by atoms with Gasteiger partial charge in [0.05, 0.1) is 5.56 Å². The van der Waals surface area contributed by atoms with Crippen LogP contribution in [0.5, 0.6) is 5.75 Å². The Bertz CT molecular complexity index is 355. The van der Waals surface area contributed by atoms with Gasteiger partial charge in [-0.2, -0.15) is 13.2 Å². The van der Waals surface area contributed by atoms with Crippen molar-refractivity contribution in [2.24, 2.45) is 0 Å².